The SMILES string of the molecule is CCOC(=O)CCc1cc2ccoc2c(OCCNC)c1O[C@@H]1O[C@H](CO)[C@]2(O)C[C@H]3C=C[C@@H](O)C[C@@H]3[C@@]1(O)[C@H]2O. The molecule has 226 valence electrons. The number of rotatable bonds is 11. The number of esters is 1. The minimum atomic E-state index is -2.19. The van der Waals surface area contributed by atoms with Crippen molar-refractivity contribution in [2.75, 3.05) is 33.4 Å². The first kappa shape index (κ1) is 29.8. The van der Waals surface area contributed by atoms with Crippen LogP contribution in [0.2, 0.25) is 0 Å². The van der Waals surface area contributed by atoms with Gasteiger partial charge in [-0.05, 0) is 56.8 Å². The van der Waals surface area contributed by atoms with E-state index < -0.39 is 60.2 Å². The lowest BCUT2D eigenvalue weighted by Gasteiger charge is -2.62. The van der Waals surface area contributed by atoms with Gasteiger partial charge in [0, 0.05) is 24.3 Å². The molecule has 1 aliphatic heterocycles. The van der Waals surface area contributed by atoms with E-state index in [2.05, 4.69) is 5.32 Å². The highest BCUT2D eigenvalue weighted by atomic mass is 16.7. The van der Waals surface area contributed by atoms with E-state index in [1.54, 1.807) is 38.3 Å². The van der Waals surface area contributed by atoms with Crippen LogP contribution in [0.5, 0.6) is 11.5 Å². The molecule has 0 radical (unpaired) electrons. The zero-order valence-corrected chi connectivity index (χ0v) is 23.2. The van der Waals surface area contributed by atoms with Gasteiger partial charge in [0.2, 0.25) is 12.0 Å². The normalized spacial score (nSPS) is 34.3. The number of carbonyl (C=O) groups excluding carboxylic acids is 1. The third kappa shape index (κ3) is 5.22. The summed E-state index contributed by atoms with van der Waals surface area (Å²) in [6.07, 6.45) is -0.400. The Morgan fingerprint density at radius 3 is 2.76 bits per heavy atom. The van der Waals surface area contributed by atoms with Crippen LogP contribution in [0.15, 0.2) is 35.0 Å². The molecule has 1 saturated heterocycles. The molecule has 0 unspecified atom stereocenters. The smallest absolute Gasteiger partial charge is 0.306 e. The summed E-state index contributed by atoms with van der Waals surface area (Å²) >= 11 is 0. The highest BCUT2D eigenvalue weighted by Crippen LogP contribution is 2.55. The topological polar surface area (TPSA) is 180 Å². The van der Waals surface area contributed by atoms with Crippen molar-refractivity contribution in [2.45, 2.75) is 68.4 Å². The molecule has 2 aromatic rings. The number of likely N-dealkylation sites (N-methyl/N-ethyl adjacent to an activating group) is 1. The number of aliphatic hydroxyl groups excluding tert-OH is 3. The van der Waals surface area contributed by atoms with Gasteiger partial charge in [-0.25, -0.2) is 0 Å². The Bertz CT molecular complexity index is 1260. The van der Waals surface area contributed by atoms with E-state index in [1.807, 2.05) is 0 Å². The van der Waals surface area contributed by atoms with Crippen LogP contribution in [0.25, 0.3) is 11.0 Å². The molecule has 8 atom stereocenters. The largest absolute Gasteiger partial charge is 0.485 e. The van der Waals surface area contributed by atoms with Gasteiger partial charge >= 0.3 is 5.97 Å². The Morgan fingerprint density at radius 2 is 2.02 bits per heavy atom. The van der Waals surface area contributed by atoms with Crippen molar-refractivity contribution >= 4 is 16.9 Å². The lowest BCUT2D eigenvalue weighted by atomic mass is 9.55. The van der Waals surface area contributed by atoms with Gasteiger partial charge in [-0.3, -0.25) is 4.79 Å². The Morgan fingerprint density at radius 1 is 1.22 bits per heavy atom. The molecule has 2 fully saturated rings. The van der Waals surface area contributed by atoms with E-state index in [-0.39, 0.29) is 50.4 Å². The number of aliphatic hydroxyl groups is 5. The van der Waals surface area contributed by atoms with E-state index in [1.165, 1.54) is 6.26 Å². The number of ether oxygens (including phenoxy) is 4. The Balaban J connectivity index is 1.60. The van der Waals surface area contributed by atoms with Gasteiger partial charge in [0.05, 0.1) is 25.6 Å². The van der Waals surface area contributed by atoms with Crippen LogP contribution in [0.3, 0.4) is 0 Å². The number of hydrogen-bond acceptors (Lipinski definition) is 12. The predicted molar refractivity (Wildman–Crippen MR) is 144 cm³/mol. The Hall–Kier alpha value is -2.71. The molecule has 0 amide bonds. The summed E-state index contributed by atoms with van der Waals surface area (Å²) in [5.74, 6) is -1.25. The second-order valence-corrected chi connectivity index (χ2v) is 11.0. The third-order valence-electron chi connectivity index (χ3n) is 8.51. The van der Waals surface area contributed by atoms with Crippen LogP contribution in [0.4, 0.5) is 0 Å². The summed E-state index contributed by atoms with van der Waals surface area (Å²) in [4.78, 5) is 12.3. The summed E-state index contributed by atoms with van der Waals surface area (Å²) in [5, 5.41) is 59.4. The lowest BCUT2D eigenvalue weighted by molar-refractivity contribution is -0.386. The van der Waals surface area contributed by atoms with Crippen molar-refractivity contribution in [3.8, 4) is 11.5 Å². The van der Waals surface area contributed by atoms with Gasteiger partial charge in [0.15, 0.2) is 16.9 Å². The molecular formula is C29H39NO11. The van der Waals surface area contributed by atoms with Gasteiger partial charge in [-0.15, -0.1) is 0 Å². The maximum absolute atomic E-state index is 12.3. The van der Waals surface area contributed by atoms with E-state index in [4.69, 9.17) is 23.4 Å². The molecule has 5 rings (SSSR count). The van der Waals surface area contributed by atoms with Crippen molar-refractivity contribution in [2.24, 2.45) is 11.8 Å². The lowest BCUT2D eigenvalue weighted by Crippen LogP contribution is -2.80. The molecule has 12 heteroatoms. The molecule has 1 aromatic heterocycles. The van der Waals surface area contributed by atoms with Crippen molar-refractivity contribution < 1.29 is 53.7 Å². The van der Waals surface area contributed by atoms with Crippen LogP contribution < -0.4 is 14.8 Å². The number of allylic oxidation sites excluding steroid dienone is 1. The number of fused-ring (bicyclic) bond motifs is 5. The van der Waals surface area contributed by atoms with Gasteiger partial charge in [-0.1, -0.05) is 12.2 Å². The summed E-state index contributed by atoms with van der Waals surface area (Å²) in [7, 11) is 1.77. The first-order valence-electron chi connectivity index (χ1n) is 14.1. The highest BCUT2D eigenvalue weighted by Gasteiger charge is 2.71. The van der Waals surface area contributed by atoms with Crippen LogP contribution in [0, 0.1) is 11.8 Å². The average molecular weight is 578 g/mol. The molecule has 1 aromatic carbocycles. The first-order valence-corrected chi connectivity index (χ1v) is 14.1. The Kier molecular flexibility index (Phi) is 8.63. The van der Waals surface area contributed by atoms with Crippen LogP contribution in [-0.4, -0.2) is 101 Å². The van der Waals surface area contributed by atoms with E-state index in [9.17, 15) is 30.3 Å². The van der Waals surface area contributed by atoms with Crippen molar-refractivity contribution in [3.63, 3.8) is 0 Å². The standard InChI is InChI=1S/C29H39NO11/c1-3-37-22(33)7-5-16-12-17-8-10-38-23(17)25(39-11-9-30-2)24(16)41-27-29(36)20-13-19(32)6-4-18(20)14-28(35,26(29)34)21(15-31)40-27/h4,6,8,10,12,18-21,26-27,30-32,34-36H,3,5,7,9,11,13-15H2,1-2H3/t18-,19-,20+,21-,26+,27+,28-,29-/m1/s1. The molecular weight excluding hydrogens is 538 g/mol. The average Bonchev–Trinajstić information content (AvgIpc) is 3.42. The molecule has 2 bridgehead atoms. The fourth-order valence-corrected chi connectivity index (χ4v) is 6.46. The Labute approximate surface area is 237 Å². The molecule has 2 aliphatic carbocycles. The minimum absolute atomic E-state index is 0.0177. The third-order valence-corrected chi connectivity index (χ3v) is 8.51. The van der Waals surface area contributed by atoms with E-state index in [0.717, 1.165) is 0 Å². The fraction of sp³-hybridized carbons (Fsp3) is 0.621. The van der Waals surface area contributed by atoms with Crippen LogP contribution >= 0.6 is 0 Å². The number of benzene rings is 1. The molecule has 0 spiro atoms. The van der Waals surface area contributed by atoms with E-state index in [0.29, 0.717) is 23.1 Å². The van der Waals surface area contributed by atoms with Crippen molar-refractivity contribution in [1.82, 2.24) is 5.32 Å². The van der Waals surface area contributed by atoms with Gasteiger partial charge in [0.1, 0.15) is 24.4 Å². The van der Waals surface area contributed by atoms with E-state index >= 15 is 0 Å². The summed E-state index contributed by atoms with van der Waals surface area (Å²) in [5.41, 5.74) is -3.26. The fourth-order valence-electron chi connectivity index (χ4n) is 6.46. The van der Waals surface area contributed by atoms with Crippen LogP contribution in [-0.2, 0) is 20.7 Å². The number of furan rings is 1. The molecule has 1 saturated carbocycles. The zero-order valence-electron chi connectivity index (χ0n) is 23.2. The van der Waals surface area contributed by atoms with Crippen molar-refractivity contribution in [1.29, 1.82) is 0 Å². The number of nitrogens with one attached hydrogen (secondary N) is 1. The quantitative estimate of drug-likeness (QED) is 0.123. The summed E-state index contributed by atoms with van der Waals surface area (Å²) < 4.78 is 29.4. The number of hydrogen-bond donors (Lipinski definition) is 6. The van der Waals surface area contributed by atoms with Gasteiger partial charge in [0.25, 0.3) is 0 Å². The molecule has 12 nitrogen and oxygen atoms in total. The minimum Gasteiger partial charge on any atom is -0.485 e. The first-order chi connectivity index (χ1) is 19.7. The van der Waals surface area contributed by atoms with Gasteiger partial charge in [-0.2, -0.15) is 0 Å². The van der Waals surface area contributed by atoms with Gasteiger partial charge < -0.3 is 54.2 Å². The molecule has 3 aliphatic rings. The molecule has 41 heavy (non-hydrogen) atoms. The second-order valence-electron chi connectivity index (χ2n) is 11.0. The van der Waals surface area contributed by atoms with Crippen molar-refractivity contribution in [3.05, 3.63) is 36.1 Å². The predicted octanol–water partition coefficient (Wildman–Crippen LogP) is 0.403. The monoisotopic (exact) mass is 577 g/mol. The molecule has 2 heterocycles. The van der Waals surface area contributed by atoms with Crippen LogP contribution in [0.1, 0.15) is 31.7 Å². The number of aryl methyl sites for hydroxylation is 1. The highest BCUT2D eigenvalue weighted by molar-refractivity contribution is 5.87. The zero-order chi connectivity index (χ0) is 29.4. The summed E-state index contributed by atoms with van der Waals surface area (Å²) in [6, 6.07) is 3.52. The maximum atomic E-state index is 12.3. The maximum Gasteiger partial charge on any atom is 0.306 e. The molecule has 6 N–H and O–H groups in total. The second kappa shape index (κ2) is 11.9. The summed E-state index contributed by atoms with van der Waals surface area (Å²) in [6.45, 7) is 2.02. The number of carbonyl (C=O) groups is 1.